The molecule has 24 heavy (non-hydrogen) atoms. The zero-order valence-corrected chi connectivity index (χ0v) is 16.7. The van der Waals surface area contributed by atoms with E-state index in [1.807, 2.05) is 12.1 Å². The van der Waals surface area contributed by atoms with E-state index in [1.165, 1.54) is 5.57 Å². The normalized spacial score (nSPS) is 17.4. The molecule has 1 aliphatic carbocycles. The quantitative estimate of drug-likeness (QED) is 0.581. The molecule has 0 heterocycles. The standard InChI is InChI=1S/C20H28O3Si/c1-21-17-13-18(22-2)20(19(14-17)23-3)16-9-7-8-15(12-16)10-11-24(4,5)6/h12-14,16H,7-9H2,1-6H3. The number of methoxy groups -OCH3 is 3. The molecule has 0 saturated heterocycles. The lowest BCUT2D eigenvalue weighted by Crippen LogP contribution is -2.16. The Labute approximate surface area is 147 Å². The number of allylic oxidation sites excluding steroid dienone is 2. The monoisotopic (exact) mass is 344 g/mol. The maximum atomic E-state index is 5.61. The summed E-state index contributed by atoms with van der Waals surface area (Å²) in [6.07, 6.45) is 5.57. The van der Waals surface area contributed by atoms with Gasteiger partial charge in [-0.05, 0) is 24.8 Å². The highest BCUT2D eigenvalue weighted by molar-refractivity contribution is 6.83. The molecule has 0 N–H and O–H groups in total. The van der Waals surface area contributed by atoms with E-state index in [0.29, 0.717) is 0 Å². The maximum Gasteiger partial charge on any atom is 0.130 e. The Kier molecular flexibility index (Phi) is 6.01. The van der Waals surface area contributed by atoms with E-state index in [1.54, 1.807) is 21.3 Å². The van der Waals surface area contributed by atoms with Crippen LogP contribution < -0.4 is 14.2 Å². The van der Waals surface area contributed by atoms with Gasteiger partial charge in [0, 0.05) is 23.6 Å². The van der Waals surface area contributed by atoms with Gasteiger partial charge >= 0.3 is 0 Å². The Morgan fingerprint density at radius 1 is 1.00 bits per heavy atom. The smallest absolute Gasteiger partial charge is 0.130 e. The molecule has 1 aliphatic rings. The number of hydrogen-bond donors (Lipinski definition) is 0. The van der Waals surface area contributed by atoms with Crippen LogP contribution in [0.15, 0.2) is 23.8 Å². The molecule has 0 radical (unpaired) electrons. The molecule has 0 aromatic heterocycles. The van der Waals surface area contributed by atoms with Crippen molar-refractivity contribution in [3.05, 3.63) is 29.3 Å². The highest BCUT2D eigenvalue weighted by atomic mass is 28.3. The zero-order valence-electron chi connectivity index (χ0n) is 15.7. The molecule has 1 aromatic carbocycles. The predicted octanol–water partition coefficient (Wildman–Crippen LogP) is 4.79. The minimum absolute atomic E-state index is 0.264. The number of hydrogen-bond acceptors (Lipinski definition) is 3. The lowest BCUT2D eigenvalue weighted by molar-refractivity contribution is 0.364. The maximum absolute atomic E-state index is 5.61. The molecule has 130 valence electrons. The van der Waals surface area contributed by atoms with Crippen LogP contribution in [0.4, 0.5) is 0 Å². The molecule has 0 saturated carbocycles. The fourth-order valence-corrected chi connectivity index (χ4v) is 3.46. The third-order valence-electron chi connectivity index (χ3n) is 4.09. The third kappa shape index (κ3) is 4.58. The van der Waals surface area contributed by atoms with Crippen molar-refractivity contribution >= 4 is 8.07 Å². The fourth-order valence-electron chi connectivity index (χ4n) is 2.92. The Bertz CT molecular complexity index is 649. The minimum atomic E-state index is -1.36. The van der Waals surface area contributed by atoms with E-state index < -0.39 is 8.07 Å². The van der Waals surface area contributed by atoms with Gasteiger partial charge in [0.25, 0.3) is 0 Å². The molecule has 0 aliphatic heterocycles. The minimum Gasteiger partial charge on any atom is -0.496 e. The van der Waals surface area contributed by atoms with Crippen molar-refractivity contribution in [1.29, 1.82) is 0 Å². The highest BCUT2D eigenvalue weighted by Gasteiger charge is 2.23. The first-order chi connectivity index (χ1) is 11.4. The van der Waals surface area contributed by atoms with E-state index in [9.17, 15) is 0 Å². The van der Waals surface area contributed by atoms with E-state index in [-0.39, 0.29) is 5.92 Å². The van der Waals surface area contributed by atoms with Crippen molar-refractivity contribution in [1.82, 2.24) is 0 Å². The van der Waals surface area contributed by atoms with Crippen LogP contribution in [0.1, 0.15) is 30.7 Å². The van der Waals surface area contributed by atoms with Crippen LogP contribution >= 0.6 is 0 Å². The van der Waals surface area contributed by atoms with E-state index in [0.717, 1.165) is 42.1 Å². The van der Waals surface area contributed by atoms with Crippen LogP contribution in [-0.4, -0.2) is 29.4 Å². The molecule has 0 fully saturated rings. The number of rotatable bonds is 4. The van der Waals surface area contributed by atoms with Crippen molar-refractivity contribution in [2.45, 2.75) is 44.8 Å². The van der Waals surface area contributed by atoms with E-state index >= 15 is 0 Å². The van der Waals surface area contributed by atoms with Crippen LogP contribution in [0.2, 0.25) is 19.6 Å². The van der Waals surface area contributed by atoms with Crippen LogP contribution in [-0.2, 0) is 0 Å². The Hall–Kier alpha value is -1.86. The Morgan fingerprint density at radius 3 is 2.12 bits per heavy atom. The molecule has 0 amide bonds. The van der Waals surface area contributed by atoms with Crippen molar-refractivity contribution in [2.75, 3.05) is 21.3 Å². The molecule has 1 atom stereocenters. The van der Waals surface area contributed by atoms with Crippen LogP contribution in [0.5, 0.6) is 17.2 Å². The lowest BCUT2D eigenvalue weighted by Gasteiger charge is -2.24. The molecule has 0 bridgehead atoms. The van der Waals surface area contributed by atoms with Crippen LogP contribution in [0.3, 0.4) is 0 Å². The second-order valence-electron chi connectivity index (χ2n) is 7.14. The SMILES string of the molecule is COc1cc(OC)c(C2C=C(C#C[Si](C)(C)C)CCC2)c(OC)c1. The van der Waals surface area contributed by atoms with Gasteiger partial charge in [-0.2, -0.15) is 0 Å². The zero-order chi connectivity index (χ0) is 17.7. The summed E-state index contributed by atoms with van der Waals surface area (Å²) in [6.45, 7) is 6.82. The van der Waals surface area contributed by atoms with Gasteiger partial charge < -0.3 is 14.2 Å². The first-order valence-corrected chi connectivity index (χ1v) is 11.9. The summed E-state index contributed by atoms with van der Waals surface area (Å²) in [4.78, 5) is 0. The summed E-state index contributed by atoms with van der Waals surface area (Å²) in [6, 6.07) is 3.85. The van der Waals surface area contributed by atoms with Gasteiger partial charge in [-0.15, -0.1) is 5.54 Å². The van der Waals surface area contributed by atoms with Crippen molar-refractivity contribution in [3.63, 3.8) is 0 Å². The third-order valence-corrected chi connectivity index (χ3v) is 4.96. The molecular weight excluding hydrogens is 316 g/mol. The lowest BCUT2D eigenvalue weighted by atomic mass is 9.85. The largest absolute Gasteiger partial charge is 0.496 e. The number of benzene rings is 1. The molecule has 0 spiro atoms. The Balaban J connectivity index is 2.44. The van der Waals surface area contributed by atoms with Gasteiger partial charge in [0.05, 0.1) is 21.3 Å². The first kappa shape index (κ1) is 18.5. The van der Waals surface area contributed by atoms with Gasteiger partial charge in [-0.25, -0.2) is 0 Å². The van der Waals surface area contributed by atoms with Gasteiger partial charge in [0.15, 0.2) is 0 Å². The fraction of sp³-hybridized carbons (Fsp3) is 0.500. The average molecular weight is 345 g/mol. The molecule has 4 heteroatoms. The first-order valence-electron chi connectivity index (χ1n) is 8.41. The van der Waals surface area contributed by atoms with E-state index in [2.05, 4.69) is 37.2 Å². The summed E-state index contributed by atoms with van der Waals surface area (Å²) >= 11 is 0. The second kappa shape index (κ2) is 7.81. The molecule has 2 rings (SSSR count). The highest BCUT2D eigenvalue weighted by Crippen LogP contribution is 2.43. The summed E-state index contributed by atoms with van der Waals surface area (Å²) in [5.74, 6) is 6.06. The molecule has 3 nitrogen and oxygen atoms in total. The average Bonchev–Trinajstić information content (AvgIpc) is 2.58. The number of ether oxygens (including phenoxy) is 3. The molecular formula is C20H28O3Si. The summed E-state index contributed by atoms with van der Waals surface area (Å²) in [5.41, 5.74) is 5.81. The van der Waals surface area contributed by atoms with Crippen molar-refractivity contribution in [2.24, 2.45) is 0 Å². The summed E-state index contributed by atoms with van der Waals surface area (Å²) in [5, 5.41) is 0. The van der Waals surface area contributed by atoms with Crippen molar-refractivity contribution < 1.29 is 14.2 Å². The molecule has 1 aromatic rings. The van der Waals surface area contributed by atoms with Crippen LogP contribution in [0.25, 0.3) is 0 Å². The Morgan fingerprint density at radius 2 is 1.62 bits per heavy atom. The van der Waals surface area contributed by atoms with Crippen LogP contribution in [0, 0.1) is 11.5 Å². The van der Waals surface area contributed by atoms with E-state index in [4.69, 9.17) is 14.2 Å². The van der Waals surface area contributed by atoms with Crippen molar-refractivity contribution in [3.8, 4) is 28.7 Å². The summed E-state index contributed by atoms with van der Waals surface area (Å²) in [7, 11) is 3.67. The summed E-state index contributed by atoms with van der Waals surface area (Å²) < 4.78 is 16.6. The van der Waals surface area contributed by atoms with Gasteiger partial charge in [0.1, 0.15) is 25.3 Å². The van der Waals surface area contributed by atoms with Gasteiger partial charge in [-0.3, -0.25) is 0 Å². The molecule has 1 unspecified atom stereocenters. The topological polar surface area (TPSA) is 27.7 Å². The predicted molar refractivity (Wildman–Crippen MR) is 102 cm³/mol. The second-order valence-corrected chi connectivity index (χ2v) is 11.9. The van der Waals surface area contributed by atoms with Gasteiger partial charge in [-0.1, -0.05) is 31.6 Å². The van der Waals surface area contributed by atoms with Gasteiger partial charge in [0.2, 0.25) is 0 Å².